The van der Waals surface area contributed by atoms with Crippen molar-refractivity contribution in [1.29, 1.82) is 0 Å². The van der Waals surface area contributed by atoms with Crippen molar-refractivity contribution >= 4 is 23.6 Å². The van der Waals surface area contributed by atoms with Gasteiger partial charge in [-0.05, 0) is 27.7 Å². The van der Waals surface area contributed by atoms with Crippen LogP contribution in [0.3, 0.4) is 0 Å². The lowest BCUT2D eigenvalue weighted by atomic mass is 9.79. The van der Waals surface area contributed by atoms with Crippen molar-refractivity contribution in [1.82, 2.24) is 15.0 Å². The van der Waals surface area contributed by atoms with E-state index in [0.29, 0.717) is 0 Å². The lowest BCUT2D eigenvalue weighted by Crippen LogP contribution is -2.41. The topological polar surface area (TPSA) is 60.0 Å². The van der Waals surface area contributed by atoms with E-state index in [2.05, 4.69) is 15.0 Å². The maximum Gasteiger partial charge on any atom is 0.497 e. The van der Waals surface area contributed by atoms with Crippen LogP contribution in [0, 0.1) is 0 Å². The Hall–Kier alpha value is -1.40. The molecule has 94 valence electrons. The van der Waals surface area contributed by atoms with E-state index in [0.717, 1.165) is 16.5 Å². The van der Waals surface area contributed by atoms with E-state index in [9.17, 15) is 0 Å². The van der Waals surface area contributed by atoms with Gasteiger partial charge in [0.25, 0.3) is 0 Å². The molecule has 1 aliphatic rings. The van der Waals surface area contributed by atoms with Crippen LogP contribution in [0.4, 0.5) is 0 Å². The summed E-state index contributed by atoms with van der Waals surface area (Å²) in [7, 11) is -0.380. The molecule has 0 saturated carbocycles. The van der Waals surface area contributed by atoms with Crippen LogP contribution in [-0.2, 0) is 9.31 Å². The van der Waals surface area contributed by atoms with E-state index in [1.807, 2.05) is 33.9 Å². The Bertz CT molecular complexity index is 578. The Kier molecular flexibility index (Phi) is 2.31. The van der Waals surface area contributed by atoms with Gasteiger partial charge in [-0.25, -0.2) is 9.97 Å². The van der Waals surface area contributed by atoms with Crippen LogP contribution in [-0.4, -0.2) is 33.3 Å². The number of nitrogens with one attached hydrogen (secondary N) is 1. The second kappa shape index (κ2) is 3.55. The first-order valence-corrected chi connectivity index (χ1v) is 6.03. The van der Waals surface area contributed by atoms with Crippen LogP contribution in [0.15, 0.2) is 18.7 Å². The standard InChI is InChI=1S/C12H16BN3O2/c1-11(2)12(3,4)18-13(17-11)9-6-15-10-8(9)5-14-7-16-10/h5-7H,1-4H3,(H,14,15,16). The molecule has 5 nitrogen and oxygen atoms in total. The van der Waals surface area contributed by atoms with Gasteiger partial charge in [-0.15, -0.1) is 0 Å². The predicted octanol–water partition coefficient (Wildman–Crippen LogP) is 1.26. The average molecular weight is 245 g/mol. The number of aromatic nitrogens is 3. The van der Waals surface area contributed by atoms with Gasteiger partial charge in [0, 0.05) is 23.2 Å². The van der Waals surface area contributed by atoms with Crippen LogP contribution in [0.5, 0.6) is 0 Å². The van der Waals surface area contributed by atoms with Gasteiger partial charge in [-0.2, -0.15) is 0 Å². The van der Waals surface area contributed by atoms with E-state index in [1.165, 1.54) is 6.33 Å². The molecule has 0 spiro atoms. The van der Waals surface area contributed by atoms with Crippen LogP contribution in [0.1, 0.15) is 27.7 Å². The van der Waals surface area contributed by atoms with Gasteiger partial charge >= 0.3 is 7.12 Å². The lowest BCUT2D eigenvalue weighted by molar-refractivity contribution is 0.00578. The summed E-state index contributed by atoms with van der Waals surface area (Å²) in [4.78, 5) is 11.3. The molecule has 6 heteroatoms. The molecule has 0 aliphatic carbocycles. The predicted molar refractivity (Wildman–Crippen MR) is 69.6 cm³/mol. The molecule has 0 amide bonds. The highest BCUT2D eigenvalue weighted by atomic mass is 16.7. The molecule has 2 aromatic heterocycles. The summed E-state index contributed by atoms with van der Waals surface area (Å²) in [6, 6.07) is 0. The third-order valence-electron chi connectivity index (χ3n) is 3.89. The normalized spacial score (nSPS) is 21.7. The molecule has 3 rings (SSSR count). The molecule has 0 atom stereocenters. The summed E-state index contributed by atoms with van der Waals surface area (Å²) in [5, 5.41) is 0.941. The van der Waals surface area contributed by atoms with Crippen molar-refractivity contribution in [3.63, 3.8) is 0 Å². The van der Waals surface area contributed by atoms with Crippen LogP contribution in [0.25, 0.3) is 11.0 Å². The van der Waals surface area contributed by atoms with Gasteiger partial charge in [-0.1, -0.05) is 0 Å². The summed E-state index contributed by atoms with van der Waals surface area (Å²) in [6.45, 7) is 8.16. The largest absolute Gasteiger partial charge is 0.497 e. The fourth-order valence-electron chi connectivity index (χ4n) is 2.04. The van der Waals surface area contributed by atoms with Crippen molar-refractivity contribution in [2.24, 2.45) is 0 Å². The first-order chi connectivity index (χ1) is 8.41. The number of H-pyrrole nitrogens is 1. The minimum atomic E-state index is -0.380. The molecular weight excluding hydrogens is 229 g/mol. The SMILES string of the molecule is CC1(C)OB(c2c[nH]c3ncncc23)OC1(C)C. The molecule has 1 aliphatic heterocycles. The number of hydrogen-bond donors (Lipinski definition) is 1. The summed E-state index contributed by atoms with van der Waals surface area (Å²) < 4.78 is 12.0. The molecule has 0 aromatic carbocycles. The quantitative estimate of drug-likeness (QED) is 0.768. The van der Waals surface area contributed by atoms with Crippen LogP contribution in [0.2, 0.25) is 0 Å². The summed E-state index contributed by atoms with van der Waals surface area (Å²) >= 11 is 0. The highest BCUT2D eigenvalue weighted by Gasteiger charge is 2.52. The fourth-order valence-corrected chi connectivity index (χ4v) is 2.04. The second-order valence-electron chi connectivity index (χ2n) is 5.62. The van der Waals surface area contributed by atoms with Crippen molar-refractivity contribution in [2.75, 3.05) is 0 Å². The van der Waals surface area contributed by atoms with Gasteiger partial charge in [0.05, 0.1) is 11.2 Å². The summed E-state index contributed by atoms with van der Waals surface area (Å²) in [6.07, 6.45) is 5.17. The first-order valence-electron chi connectivity index (χ1n) is 6.03. The maximum absolute atomic E-state index is 6.02. The fraction of sp³-hybridized carbons (Fsp3) is 0.500. The van der Waals surface area contributed by atoms with Gasteiger partial charge in [0.1, 0.15) is 12.0 Å². The monoisotopic (exact) mass is 245 g/mol. The smallest absolute Gasteiger partial charge is 0.399 e. The highest BCUT2D eigenvalue weighted by Crippen LogP contribution is 2.36. The zero-order valence-corrected chi connectivity index (χ0v) is 11.0. The Labute approximate surface area is 106 Å². The van der Waals surface area contributed by atoms with Crippen LogP contribution < -0.4 is 5.46 Å². The molecule has 18 heavy (non-hydrogen) atoms. The number of nitrogens with zero attached hydrogens (tertiary/aromatic N) is 2. The van der Waals surface area contributed by atoms with E-state index < -0.39 is 0 Å². The van der Waals surface area contributed by atoms with Crippen molar-refractivity contribution < 1.29 is 9.31 Å². The zero-order chi connectivity index (χ0) is 13.0. The zero-order valence-electron chi connectivity index (χ0n) is 11.0. The number of hydrogen-bond acceptors (Lipinski definition) is 4. The van der Waals surface area contributed by atoms with E-state index in [4.69, 9.17) is 9.31 Å². The molecule has 0 radical (unpaired) electrons. The van der Waals surface area contributed by atoms with Crippen molar-refractivity contribution in [3.8, 4) is 0 Å². The minimum Gasteiger partial charge on any atom is -0.399 e. The van der Waals surface area contributed by atoms with E-state index >= 15 is 0 Å². The molecule has 1 N–H and O–H groups in total. The second-order valence-corrected chi connectivity index (χ2v) is 5.62. The molecule has 2 aromatic rings. The van der Waals surface area contributed by atoms with Crippen molar-refractivity contribution in [2.45, 2.75) is 38.9 Å². The van der Waals surface area contributed by atoms with Crippen molar-refractivity contribution in [3.05, 3.63) is 18.7 Å². The molecule has 3 heterocycles. The Morgan fingerprint density at radius 3 is 2.50 bits per heavy atom. The van der Waals surface area contributed by atoms with Gasteiger partial charge in [0.2, 0.25) is 0 Å². The van der Waals surface area contributed by atoms with Gasteiger partial charge in [-0.3, -0.25) is 0 Å². The minimum absolute atomic E-state index is 0.336. The molecular formula is C12H16BN3O2. The average Bonchev–Trinajstić information content (AvgIpc) is 2.78. The molecule has 0 bridgehead atoms. The number of aromatic amines is 1. The van der Waals surface area contributed by atoms with Gasteiger partial charge < -0.3 is 14.3 Å². The van der Waals surface area contributed by atoms with E-state index in [1.54, 1.807) is 6.20 Å². The molecule has 1 saturated heterocycles. The molecule has 1 fully saturated rings. The Morgan fingerprint density at radius 2 is 1.83 bits per heavy atom. The Balaban J connectivity index is 2.03. The number of fused-ring (bicyclic) bond motifs is 1. The number of rotatable bonds is 1. The third kappa shape index (κ3) is 1.56. The Morgan fingerprint density at radius 1 is 1.17 bits per heavy atom. The van der Waals surface area contributed by atoms with Gasteiger partial charge in [0.15, 0.2) is 0 Å². The van der Waals surface area contributed by atoms with E-state index in [-0.39, 0.29) is 18.3 Å². The summed E-state index contributed by atoms with van der Waals surface area (Å²) in [5.41, 5.74) is 1.08. The van der Waals surface area contributed by atoms with Crippen LogP contribution >= 0.6 is 0 Å². The maximum atomic E-state index is 6.02. The summed E-state index contributed by atoms with van der Waals surface area (Å²) in [5.74, 6) is 0. The third-order valence-corrected chi connectivity index (χ3v) is 3.89. The first kappa shape index (κ1) is 11.7. The highest BCUT2D eigenvalue weighted by molar-refractivity contribution is 6.65. The molecule has 0 unspecified atom stereocenters. The lowest BCUT2D eigenvalue weighted by Gasteiger charge is -2.32.